The Balaban J connectivity index is 1.41. The van der Waals surface area contributed by atoms with Crippen LogP contribution in [0.1, 0.15) is 129 Å². The Morgan fingerprint density at radius 1 is 1.00 bits per heavy atom. The van der Waals surface area contributed by atoms with E-state index < -0.39 is 0 Å². The van der Waals surface area contributed by atoms with E-state index >= 15 is 0 Å². The van der Waals surface area contributed by atoms with Crippen LogP contribution in [0.15, 0.2) is 42.5 Å². The molecule has 0 radical (unpaired) electrons. The number of ether oxygens (including phenoxy) is 1. The van der Waals surface area contributed by atoms with E-state index in [-0.39, 0.29) is 28.9 Å². The molecule has 44 heavy (non-hydrogen) atoms. The summed E-state index contributed by atoms with van der Waals surface area (Å²) in [7, 11) is 1.44. The first-order valence-electron chi connectivity index (χ1n) is 17.6. The van der Waals surface area contributed by atoms with Crippen LogP contribution in [0.4, 0.5) is 0 Å². The third-order valence-electron chi connectivity index (χ3n) is 14.6. The number of aliphatic hydroxyl groups excluding tert-OH is 1. The zero-order valence-electron chi connectivity index (χ0n) is 29.2. The number of carbonyl (C=O) groups is 1. The Morgan fingerprint density at radius 2 is 1.70 bits per heavy atom. The lowest BCUT2D eigenvalue weighted by Gasteiger charge is -2.68. The zero-order chi connectivity index (χ0) is 32.1. The first kappa shape index (κ1) is 33.5. The average Bonchev–Trinajstić information content (AvgIpc) is 3.31. The first-order chi connectivity index (χ1) is 20.7. The SMILES string of the molecule is C=C(C)C1CCC(CCC2(C)CCCC3C4(C)CC=C(c5ccc(C(=O)OC)cc5)C(C)(C)C4CCC32C)(NCCO)C1C. The van der Waals surface area contributed by atoms with Gasteiger partial charge < -0.3 is 15.2 Å². The quantitative estimate of drug-likeness (QED) is 0.218. The van der Waals surface area contributed by atoms with Crippen LogP contribution in [0.5, 0.6) is 0 Å². The summed E-state index contributed by atoms with van der Waals surface area (Å²) in [5.41, 5.74) is 5.65. The molecule has 0 aromatic heterocycles. The van der Waals surface area contributed by atoms with Crippen molar-refractivity contribution in [1.29, 1.82) is 0 Å². The molecular formula is C40H61NO3. The van der Waals surface area contributed by atoms with Crippen LogP contribution < -0.4 is 5.32 Å². The lowest BCUT2D eigenvalue weighted by Crippen LogP contribution is -2.60. The molecular weight excluding hydrogens is 542 g/mol. The van der Waals surface area contributed by atoms with Gasteiger partial charge in [0.25, 0.3) is 0 Å². The monoisotopic (exact) mass is 603 g/mol. The molecule has 5 rings (SSSR count). The molecule has 3 saturated carbocycles. The highest BCUT2D eigenvalue weighted by Gasteiger charge is 2.64. The molecule has 1 aromatic carbocycles. The van der Waals surface area contributed by atoms with E-state index in [1.54, 1.807) is 0 Å². The third-order valence-corrected chi connectivity index (χ3v) is 14.6. The second-order valence-corrected chi connectivity index (χ2v) is 16.7. The van der Waals surface area contributed by atoms with E-state index in [4.69, 9.17) is 4.74 Å². The number of methoxy groups -OCH3 is 1. The van der Waals surface area contributed by atoms with Crippen molar-refractivity contribution in [2.24, 2.45) is 45.3 Å². The molecule has 244 valence electrons. The Kier molecular flexibility index (Phi) is 9.15. The van der Waals surface area contributed by atoms with E-state index in [0.717, 1.165) is 6.42 Å². The Labute approximate surface area is 268 Å². The summed E-state index contributed by atoms with van der Waals surface area (Å²) >= 11 is 0. The normalized spacial score (nSPS) is 39.6. The number of hydrogen-bond donors (Lipinski definition) is 2. The second kappa shape index (κ2) is 12.0. The molecule has 8 unspecified atom stereocenters. The molecule has 0 spiro atoms. The molecule has 4 aliphatic rings. The summed E-state index contributed by atoms with van der Waals surface area (Å²) in [4.78, 5) is 12.1. The summed E-state index contributed by atoms with van der Waals surface area (Å²) < 4.78 is 4.94. The van der Waals surface area contributed by atoms with Gasteiger partial charge in [0.15, 0.2) is 0 Å². The van der Waals surface area contributed by atoms with Crippen LogP contribution in [0.3, 0.4) is 0 Å². The second-order valence-electron chi connectivity index (χ2n) is 16.7. The number of allylic oxidation sites excluding steroid dienone is 3. The van der Waals surface area contributed by atoms with Gasteiger partial charge in [-0.1, -0.05) is 78.3 Å². The number of benzene rings is 1. The fraction of sp³-hybridized carbons (Fsp3) is 0.725. The van der Waals surface area contributed by atoms with Crippen LogP contribution in [-0.2, 0) is 4.74 Å². The highest BCUT2D eigenvalue weighted by molar-refractivity contribution is 5.89. The molecule has 4 heteroatoms. The van der Waals surface area contributed by atoms with Crippen molar-refractivity contribution in [3.8, 4) is 0 Å². The van der Waals surface area contributed by atoms with Gasteiger partial charge in [-0.2, -0.15) is 0 Å². The lowest BCUT2D eigenvalue weighted by molar-refractivity contribution is -0.172. The molecule has 4 nitrogen and oxygen atoms in total. The molecule has 3 fully saturated rings. The molecule has 0 amide bonds. The van der Waals surface area contributed by atoms with Gasteiger partial charge in [-0.15, -0.1) is 0 Å². The minimum absolute atomic E-state index is 0.0596. The standard InChI is InChI=1S/C40H61NO3/c1-27(2)31-16-22-40(28(31)3,41-25-26-42)24-23-37(6)19-10-11-34-38(7)20-17-32(29-12-14-30(15-13-29)35(43)44-9)36(4,5)33(38)18-21-39(34,37)8/h12-15,17,28,31,33-34,41-42H,1,10-11,16,18-26H2,2-9H3. The number of fused-ring (bicyclic) bond motifs is 3. The van der Waals surface area contributed by atoms with E-state index in [0.29, 0.717) is 46.6 Å². The van der Waals surface area contributed by atoms with Crippen molar-refractivity contribution in [2.45, 2.75) is 118 Å². The topological polar surface area (TPSA) is 58.6 Å². The largest absolute Gasteiger partial charge is 0.465 e. The van der Waals surface area contributed by atoms with Crippen molar-refractivity contribution in [2.75, 3.05) is 20.3 Å². The summed E-state index contributed by atoms with van der Waals surface area (Å²) in [5, 5.41) is 13.7. The van der Waals surface area contributed by atoms with Gasteiger partial charge in [0.2, 0.25) is 0 Å². The van der Waals surface area contributed by atoms with Crippen molar-refractivity contribution in [3.63, 3.8) is 0 Å². The summed E-state index contributed by atoms with van der Waals surface area (Å²) in [6.45, 7) is 22.8. The van der Waals surface area contributed by atoms with E-state index in [1.807, 2.05) is 12.1 Å². The highest BCUT2D eigenvalue weighted by Crippen LogP contribution is 2.72. The fourth-order valence-corrected chi connectivity index (χ4v) is 11.8. The van der Waals surface area contributed by atoms with Crippen LogP contribution in [0.2, 0.25) is 0 Å². The minimum atomic E-state index is -0.277. The van der Waals surface area contributed by atoms with Crippen molar-refractivity contribution in [1.82, 2.24) is 5.32 Å². The molecule has 1 aromatic rings. The Morgan fingerprint density at radius 3 is 2.32 bits per heavy atom. The molecule has 4 aliphatic carbocycles. The van der Waals surface area contributed by atoms with Gasteiger partial charge in [-0.3, -0.25) is 0 Å². The first-order valence-corrected chi connectivity index (χ1v) is 17.6. The maximum Gasteiger partial charge on any atom is 0.337 e. The minimum Gasteiger partial charge on any atom is -0.465 e. The molecule has 8 atom stereocenters. The van der Waals surface area contributed by atoms with E-state index in [1.165, 1.54) is 81.6 Å². The summed E-state index contributed by atoms with van der Waals surface area (Å²) in [5.74, 6) is 2.16. The fourth-order valence-electron chi connectivity index (χ4n) is 11.8. The Hall–Kier alpha value is -1.91. The number of aliphatic hydroxyl groups is 1. The van der Waals surface area contributed by atoms with Crippen molar-refractivity contribution in [3.05, 3.63) is 53.6 Å². The van der Waals surface area contributed by atoms with Crippen LogP contribution in [0, 0.1) is 45.3 Å². The van der Waals surface area contributed by atoms with Gasteiger partial charge in [0, 0.05) is 12.1 Å². The number of carbonyl (C=O) groups excluding carboxylic acids is 1. The van der Waals surface area contributed by atoms with E-state index in [2.05, 4.69) is 78.6 Å². The molecule has 0 saturated heterocycles. The molecule has 0 bridgehead atoms. The smallest absolute Gasteiger partial charge is 0.337 e. The number of rotatable bonds is 9. The van der Waals surface area contributed by atoms with Gasteiger partial charge in [-0.25, -0.2) is 4.79 Å². The average molecular weight is 604 g/mol. The van der Waals surface area contributed by atoms with Gasteiger partial charge in [0.05, 0.1) is 19.3 Å². The maximum absolute atomic E-state index is 12.1. The number of β-amino-alcohol motifs (C(OH)–C–C–N with tert-alkyl or cyclic N) is 1. The van der Waals surface area contributed by atoms with Gasteiger partial charge >= 0.3 is 5.97 Å². The highest BCUT2D eigenvalue weighted by atomic mass is 16.5. The van der Waals surface area contributed by atoms with Crippen LogP contribution >= 0.6 is 0 Å². The summed E-state index contributed by atoms with van der Waals surface area (Å²) in [6, 6.07) is 8.08. The summed E-state index contributed by atoms with van der Waals surface area (Å²) in [6.07, 6.45) is 15.1. The third kappa shape index (κ3) is 5.24. The van der Waals surface area contributed by atoms with Gasteiger partial charge in [0.1, 0.15) is 0 Å². The predicted molar refractivity (Wildman–Crippen MR) is 182 cm³/mol. The molecule has 2 N–H and O–H groups in total. The number of hydrogen-bond acceptors (Lipinski definition) is 4. The predicted octanol–water partition coefficient (Wildman–Crippen LogP) is 9.24. The van der Waals surface area contributed by atoms with Crippen molar-refractivity contribution < 1.29 is 14.6 Å². The van der Waals surface area contributed by atoms with Gasteiger partial charge in [-0.05, 0) is 133 Å². The lowest BCUT2D eigenvalue weighted by atomic mass is 9.36. The maximum atomic E-state index is 12.1. The zero-order valence-corrected chi connectivity index (χ0v) is 29.2. The number of esters is 1. The van der Waals surface area contributed by atoms with Crippen LogP contribution in [0.25, 0.3) is 5.57 Å². The van der Waals surface area contributed by atoms with Crippen LogP contribution in [-0.4, -0.2) is 36.9 Å². The molecule has 0 heterocycles. The van der Waals surface area contributed by atoms with Crippen molar-refractivity contribution >= 4 is 11.5 Å². The Bertz CT molecular complexity index is 1260. The molecule has 0 aliphatic heterocycles. The van der Waals surface area contributed by atoms with E-state index in [9.17, 15) is 9.90 Å². The number of nitrogens with one attached hydrogen (secondary N) is 1.